The molecule has 2 aromatic carbocycles. The van der Waals surface area contributed by atoms with Gasteiger partial charge in [-0.3, -0.25) is 9.59 Å². The monoisotopic (exact) mass is 353 g/mol. The molecule has 25 heavy (non-hydrogen) atoms. The Morgan fingerprint density at radius 1 is 1.12 bits per heavy atom. The zero-order chi connectivity index (χ0) is 17.8. The van der Waals surface area contributed by atoms with Gasteiger partial charge in [0.25, 0.3) is 0 Å². The highest BCUT2D eigenvalue weighted by Gasteiger charge is 2.12. The molecule has 6 heteroatoms. The van der Waals surface area contributed by atoms with Gasteiger partial charge in [0.05, 0.1) is 16.8 Å². The summed E-state index contributed by atoms with van der Waals surface area (Å²) in [6.45, 7) is 4.38. The van der Waals surface area contributed by atoms with Crippen molar-refractivity contribution in [3.05, 3.63) is 54.1 Å². The lowest BCUT2D eigenvalue weighted by atomic mass is 10.1. The van der Waals surface area contributed by atoms with Gasteiger partial charge in [-0.15, -0.1) is 0 Å². The highest BCUT2D eigenvalue weighted by Crippen LogP contribution is 2.24. The van der Waals surface area contributed by atoms with Gasteiger partial charge in [0.1, 0.15) is 0 Å². The zero-order valence-electron chi connectivity index (χ0n) is 14.2. The normalized spacial score (nSPS) is 10.8. The van der Waals surface area contributed by atoms with Crippen molar-refractivity contribution in [1.29, 1.82) is 0 Å². The van der Waals surface area contributed by atoms with Gasteiger partial charge in [0.15, 0.2) is 10.9 Å². The molecule has 0 spiro atoms. The van der Waals surface area contributed by atoms with Gasteiger partial charge >= 0.3 is 0 Å². The second-order valence-electron chi connectivity index (χ2n) is 5.60. The number of imidazole rings is 1. The molecule has 0 aliphatic heterocycles. The van der Waals surface area contributed by atoms with E-state index in [1.54, 1.807) is 24.3 Å². The molecule has 0 aliphatic carbocycles. The van der Waals surface area contributed by atoms with Crippen LogP contribution in [0.5, 0.6) is 0 Å². The number of ketones is 1. The highest BCUT2D eigenvalue weighted by molar-refractivity contribution is 7.99. The lowest BCUT2D eigenvalue weighted by Crippen LogP contribution is -2.14. The summed E-state index contributed by atoms with van der Waals surface area (Å²) in [5, 5.41) is 3.68. The molecule has 128 valence electrons. The fraction of sp³-hybridized carbons (Fsp3) is 0.211. The van der Waals surface area contributed by atoms with Gasteiger partial charge in [-0.05, 0) is 50.2 Å². The van der Waals surface area contributed by atoms with Crippen molar-refractivity contribution >= 4 is 40.2 Å². The minimum atomic E-state index is -0.102. The number of benzene rings is 2. The molecule has 1 aromatic heterocycles. The Morgan fingerprint density at radius 2 is 1.84 bits per heavy atom. The number of para-hydroxylation sites is 2. The number of fused-ring (bicyclic) bond motifs is 1. The fourth-order valence-electron chi connectivity index (χ4n) is 2.58. The average Bonchev–Trinajstić information content (AvgIpc) is 2.98. The van der Waals surface area contributed by atoms with Crippen molar-refractivity contribution < 1.29 is 9.59 Å². The summed E-state index contributed by atoms with van der Waals surface area (Å²) < 4.78 is 2.11. The van der Waals surface area contributed by atoms with E-state index in [4.69, 9.17) is 0 Å². The van der Waals surface area contributed by atoms with Gasteiger partial charge in [-0.25, -0.2) is 4.98 Å². The number of Topliss-reactive ketones (excluding diaryl/α,β-unsaturated/α-hetero) is 1. The average molecular weight is 353 g/mol. The Balaban J connectivity index is 1.65. The Morgan fingerprint density at radius 3 is 2.52 bits per heavy atom. The highest BCUT2D eigenvalue weighted by atomic mass is 32.2. The maximum Gasteiger partial charge on any atom is 0.234 e. The minimum Gasteiger partial charge on any atom is -0.325 e. The van der Waals surface area contributed by atoms with E-state index < -0.39 is 0 Å². The first-order valence-electron chi connectivity index (χ1n) is 8.07. The van der Waals surface area contributed by atoms with Crippen LogP contribution in [0, 0.1) is 0 Å². The first kappa shape index (κ1) is 17.2. The molecule has 3 aromatic rings. The second kappa shape index (κ2) is 7.53. The van der Waals surface area contributed by atoms with E-state index in [1.165, 1.54) is 18.7 Å². The Bertz CT molecular complexity index is 916. The summed E-state index contributed by atoms with van der Waals surface area (Å²) in [6.07, 6.45) is 0. The van der Waals surface area contributed by atoms with E-state index in [2.05, 4.69) is 21.8 Å². The molecular formula is C19H19N3O2S. The molecule has 0 fully saturated rings. The number of thioether (sulfide) groups is 1. The maximum atomic E-state index is 12.2. The van der Waals surface area contributed by atoms with Crippen LogP contribution in [0.2, 0.25) is 0 Å². The van der Waals surface area contributed by atoms with Gasteiger partial charge in [-0.2, -0.15) is 0 Å². The van der Waals surface area contributed by atoms with Crippen LogP contribution in [0.25, 0.3) is 11.0 Å². The van der Waals surface area contributed by atoms with Crippen molar-refractivity contribution in [3.63, 3.8) is 0 Å². The van der Waals surface area contributed by atoms with E-state index in [0.29, 0.717) is 11.3 Å². The summed E-state index contributed by atoms with van der Waals surface area (Å²) in [5.74, 6) is 0.180. The van der Waals surface area contributed by atoms with Gasteiger partial charge in [-0.1, -0.05) is 23.9 Å². The number of carbonyl (C=O) groups excluding carboxylic acids is 2. The number of nitrogens with one attached hydrogen (secondary N) is 1. The largest absolute Gasteiger partial charge is 0.325 e. The van der Waals surface area contributed by atoms with Crippen LogP contribution < -0.4 is 5.32 Å². The number of anilines is 1. The van der Waals surface area contributed by atoms with Crippen molar-refractivity contribution in [2.24, 2.45) is 0 Å². The Labute approximate surface area is 150 Å². The number of aryl methyl sites for hydroxylation is 1. The SMILES string of the molecule is CCn1c(SCC(=O)Nc2ccc(C(C)=O)cc2)nc2ccccc21. The van der Waals surface area contributed by atoms with Crippen molar-refractivity contribution in [2.45, 2.75) is 25.5 Å². The number of amides is 1. The molecule has 0 saturated heterocycles. The number of rotatable bonds is 6. The van der Waals surface area contributed by atoms with Crippen LogP contribution in [0.4, 0.5) is 5.69 Å². The van der Waals surface area contributed by atoms with E-state index in [-0.39, 0.29) is 17.4 Å². The molecule has 1 N–H and O–H groups in total. The van der Waals surface area contributed by atoms with Crippen LogP contribution in [-0.4, -0.2) is 27.0 Å². The standard InChI is InChI=1S/C19H19N3O2S/c1-3-22-17-7-5-4-6-16(17)21-19(22)25-12-18(24)20-15-10-8-14(9-11-15)13(2)23/h4-11H,3,12H2,1-2H3,(H,20,24). The quantitative estimate of drug-likeness (QED) is 0.538. The van der Waals surface area contributed by atoms with E-state index in [1.807, 2.05) is 24.3 Å². The van der Waals surface area contributed by atoms with Crippen LogP contribution in [0.3, 0.4) is 0 Å². The summed E-state index contributed by atoms with van der Waals surface area (Å²) in [4.78, 5) is 28.1. The van der Waals surface area contributed by atoms with Gasteiger partial charge in [0.2, 0.25) is 5.91 Å². The molecule has 0 unspecified atom stereocenters. The molecule has 0 aliphatic rings. The predicted octanol–water partition coefficient (Wildman–Crippen LogP) is 3.99. The first-order valence-corrected chi connectivity index (χ1v) is 9.06. The second-order valence-corrected chi connectivity index (χ2v) is 6.54. The van der Waals surface area contributed by atoms with E-state index in [0.717, 1.165) is 22.7 Å². The Hall–Kier alpha value is -2.60. The molecule has 0 bridgehead atoms. The van der Waals surface area contributed by atoms with Crippen molar-refractivity contribution in [3.8, 4) is 0 Å². The molecular weight excluding hydrogens is 334 g/mol. The van der Waals surface area contributed by atoms with Crippen molar-refractivity contribution in [2.75, 3.05) is 11.1 Å². The number of nitrogens with zero attached hydrogens (tertiary/aromatic N) is 2. The minimum absolute atomic E-state index is 0.00639. The van der Waals surface area contributed by atoms with Crippen molar-refractivity contribution in [1.82, 2.24) is 9.55 Å². The number of carbonyl (C=O) groups is 2. The number of aromatic nitrogens is 2. The fourth-order valence-corrected chi connectivity index (χ4v) is 3.46. The van der Waals surface area contributed by atoms with Gasteiger partial charge in [0, 0.05) is 17.8 Å². The summed E-state index contributed by atoms with van der Waals surface area (Å²) in [7, 11) is 0. The lowest BCUT2D eigenvalue weighted by molar-refractivity contribution is -0.113. The van der Waals surface area contributed by atoms with E-state index in [9.17, 15) is 9.59 Å². The summed E-state index contributed by atoms with van der Waals surface area (Å²) in [5.41, 5.74) is 3.32. The molecule has 0 radical (unpaired) electrons. The third kappa shape index (κ3) is 3.91. The predicted molar refractivity (Wildman–Crippen MR) is 101 cm³/mol. The zero-order valence-corrected chi connectivity index (χ0v) is 15.0. The molecule has 3 rings (SSSR count). The van der Waals surface area contributed by atoms with Gasteiger partial charge < -0.3 is 9.88 Å². The lowest BCUT2D eigenvalue weighted by Gasteiger charge is -2.07. The Kier molecular flexibility index (Phi) is 5.19. The van der Waals surface area contributed by atoms with Crippen LogP contribution in [0.1, 0.15) is 24.2 Å². The van der Waals surface area contributed by atoms with Crippen LogP contribution in [-0.2, 0) is 11.3 Å². The summed E-state index contributed by atoms with van der Waals surface area (Å²) in [6, 6.07) is 14.8. The molecule has 0 atom stereocenters. The van der Waals surface area contributed by atoms with E-state index >= 15 is 0 Å². The molecule has 1 amide bonds. The number of hydrogen-bond donors (Lipinski definition) is 1. The molecule has 0 saturated carbocycles. The van der Waals surface area contributed by atoms with Crippen LogP contribution >= 0.6 is 11.8 Å². The first-order chi connectivity index (χ1) is 12.1. The third-order valence-electron chi connectivity index (χ3n) is 3.84. The smallest absolute Gasteiger partial charge is 0.234 e. The van der Waals surface area contributed by atoms with Crippen LogP contribution in [0.15, 0.2) is 53.7 Å². The molecule has 5 nitrogen and oxygen atoms in total. The topological polar surface area (TPSA) is 64.0 Å². The third-order valence-corrected chi connectivity index (χ3v) is 4.82. The maximum absolute atomic E-state index is 12.2. The summed E-state index contributed by atoms with van der Waals surface area (Å²) >= 11 is 1.42. The molecule has 1 heterocycles. The number of hydrogen-bond acceptors (Lipinski definition) is 4.